The van der Waals surface area contributed by atoms with Crippen LogP contribution >= 0.6 is 0 Å². The molecule has 0 aromatic rings. The van der Waals surface area contributed by atoms with Gasteiger partial charge in [-0.05, 0) is 38.5 Å². The van der Waals surface area contributed by atoms with E-state index in [1.165, 1.54) is 250 Å². The number of quaternary nitrogens is 1. The minimum atomic E-state index is -4.02. The first-order valence-electron chi connectivity index (χ1n) is 25.2. The monoisotopic (exact) mass is 785 g/mol. The lowest BCUT2D eigenvalue weighted by Crippen LogP contribution is -2.53. The molecular formula is C49H102NO3S+. The molecule has 0 bridgehead atoms. The summed E-state index contributed by atoms with van der Waals surface area (Å²) >= 11 is 0. The molecule has 54 heavy (non-hydrogen) atoms. The van der Waals surface area contributed by atoms with Gasteiger partial charge in [-0.25, -0.2) is 0 Å². The second kappa shape index (κ2) is 42.5. The van der Waals surface area contributed by atoms with E-state index in [4.69, 9.17) is 0 Å². The summed E-state index contributed by atoms with van der Waals surface area (Å²) in [6.07, 6.45) is 56.3. The highest BCUT2D eigenvalue weighted by Crippen LogP contribution is 2.21. The van der Waals surface area contributed by atoms with Crippen molar-refractivity contribution in [2.45, 2.75) is 290 Å². The maximum absolute atomic E-state index is 12.4. The van der Waals surface area contributed by atoms with Gasteiger partial charge in [0.1, 0.15) is 0 Å². The van der Waals surface area contributed by atoms with E-state index in [1.54, 1.807) is 0 Å². The van der Waals surface area contributed by atoms with Gasteiger partial charge in [-0.3, -0.25) is 4.55 Å². The molecule has 1 N–H and O–H groups in total. The first kappa shape index (κ1) is 53.9. The van der Waals surface area contributed by atoms with Gasteiger partial charge >= 0.3 is 10.1 Å². The standard InChI is InChI=1S/C49H101NO3S/c1-4-7-10-13-16-19-22-25-28-31-34-37-40-43-46-50(49-54(51,52)53,47-44-41-38-35-32-29-26-23-20-17-14-11-8-5-2)48-45-42-39-36-33-30-27-24-21-18-15-12-9-6-3/h4-49H2,1-3H3/p+1. The first-order chi connectivity index (χ1) is 26.4. The molecule has 0 aliphatic rings. The van der Waals surface area contributed by atoms with Crippen LogP contribution in [0.15, 0.2) is 0 Å². The van der Waals surface area contributed by atoms with Gasteiger partial charge in [-0.15, -0.1) is 0 Å². The summed E-state index contributed by atoms with van der Waals surface area (Å²) in [5.74, 6) is -0.0810. The van der Waals surface area contributed by atoms with Gasteiger partial charge in [0.15, 0.2) is 0 Å². The van der Waals surface area contributed by atoms with Crippen LogP contribution in [-0.2, 0) is 10.1 Å². The van der Waals surface area contributed by atoms with E-state index in [-0.39, 0.29) is 5.88 Å². The van der Waals surface area contributed by atoms with Crippen molar-refractivity contribution >= 4 is 10.1 Å². The number of nitrogens with zero attached hydrogens (tertiary/aromatic N) is 1. The summed E-state index contributed by atoms with van der Waals surface area (Å²) in [4.78, 5) is 0. The third-order valence-corrected chi connectivity index (χ3v) is 13.3. The maximum Gasteiger partial charge on any atom is 0.316 e. The van der Waals surface area contributed by atoms with Crippen molar-refractivity contribution < 1.29 is 17.5 Å². The molecule has 326 valence electrons. The van der Waals surface area contributed by atoms with Crippen LogP contribution in [0.25, 0.3) is 0 Å². The predicted molar refractivity (Wildman–Crippen MR) is 242 cm³/mol. The average Bonchev–Trinajstić information content (AvgIpc) is 3.14. The fourth-order valence-electron chi connectivity index (χ4n) is 8.80. The minimum absolute atomic E-state index is 0.0810. The van der Waals surface area contributed by atoms with Gasteiger partial charge in [0, 0.05) is 0 Å². The Balaban J connectivity index is 4.57. The van der Waals surface area contributed by atoms with Crippen molar-refractivity contribution in [2.75, 3.05) is 25.5 Å². The highest BCUT2D eigenvalue weighted by Gasteiger charge is 2.31. The van der Waals surface area contributed by atoms with Crippen LogP contribution in [-0.4, -0.2) is 43.0 Å². The van der Waals surface area contributed by atoms with E-state index in [9.17, 15) is 13.0 Å². The number of hydrogen-bond acceptors (Lipinski definition) is 2. The lowest BCUT2D eigenvalue weighted by Gasteiger charge is -2.38. The predicted octanol–water partition coefficient (Wildman–Crippen LogP) is 17.1. The molecule has 0 aromatic heterocycles. The van der Waals surface area contributed by atoms with Crippen molar-refractivity contribution in [2.24, 2.45) is 0 Å². The largest absolute Gasteiger partial charge is 0.316 e. The van der Waals surface area contributed by atoms with Crippen LogP contribution in [0.2, 0.25) is 0 Å². The molecule has 0 aliphatic heterocycles. The van der Waals surface area contributed by atoms with Crippen LogP contribution in [0.4, 0.5) is 0 Å². The van der Waals surface area contributed by atoms with Crippen LogP contribution in [0.5, 0.6) is 0 Å². The summed E-state index contributed by atoms with van der Waals surface area (Å²) in [5.41, 5.74) is 0. The van der Waals surface area contributed by atoms with Gasteiger partial charge in [0.2, 0.25) is 5.88 Å². The molecule has 0 unspecified atom stereocenters. The molecule has 0 atom stereocenters. The molecule has 0 radical (unpaired) electrons. The summed E-state index contributed by atoms with van der Waals surface area (Å²) < 4.78 is 35.6. The van der Waals surface area contributed by atoms with Crippen LogP contribution < -0.4 is 0 Å². The van der Waals surface area contributed by atoms with E-state index in [2.05, 4.69) is 20.8 Å². The van der Waals surface area contributed by atoms with E-state index in [0.29, 0.717) is 4.48 Å². The topological polar surface area (TPSA) is 54.4 Å². The molecule has 0 aromatic carbocycles. The van der Waals surface area contributed by atoms with E-state index < -0.39 is 10.1 Å². The van der Waals surface area contributed by atoms with Crippen LogP contribution in [0.1, 0.15) is 290 Å². The zero-order valence-corrected chi connectivity index (χ0v) is 38.5. The van der Waals surface area contributed by atoms with E-state index >= 15 is 0 Å². The Morgan fingerprint density at radius 1 is 0.278 bits per heavy atom. The molecule has 0 rings (SSSR count). The Morgan fingerprint density at radius 2 is 0.426 bits per heavy atom. The Hall–Kier alpha value is -0.130. The Kier molecular flexibility index (Phi) is 42.4. The molecule has 4 nitrogen and oxygen atoms in total. The molecular weight excluding hydrogens is 683 g/mol. The van der Waals surface area contributed by atoms with Gasteiger partial charge in [0.05, 0.1) is 19.6 Å². The molecule has 0 heterocycles. The van der Waals surface area contributed by atoms with Gasteiger partial charge < -0.3 is 4.48 Å². The quantitative estimate of drug-likeness (QED) is 0.0380. The average molecular weight is 785 g/mol. The lowest BCUT2D eigenvalue weighted by atomic mass is 10.0. The molecule has 0 saturated carbocycles. The Bertz CT molecular complexity index is 737. The molecule has 0 saturated heterocycles. The summed E-state index contributed by atoms with van der Waals surface area (Å²) in [5, 5.41) is 0. The van der Waals surface area contributed by atoms with Crippen molar-refractivity contribution in [3.63, 3.8) is 0 Å². The zero-order chi connectivity index (χ0) is 39.5. The zero-order valence-electron chi connectivity index (χ0n) is 37.6. The van der Waals surface area contributed by atoms with E-state index in [1.807, 2.05) is 0 Å². The highest BCUT2D eigenvalue weighted by molar-refractivity contribution is 7.85. The number of hydrogen-bond donors (Lipinski definition) is 1. The van der Waals surface area contributed by atoms with Crippen molar-refractivity contribution in [1.29, 1.82) is 0 Å². The fourth-order valence-corrected chi connectivity index (χ4v) is 9.88. The van der Waals surface area contributed by atoms with Crippen molar-refractivity contribution in [1.82, 2.24) is 0 Å². The SMILES string of the molecule is CCCCCCCCCCCCCCCC[N+](CCCCCCCCCCCCCCCC)(CCCCCCCCCCCCCCCC)CS(=O)(=O)O. The summed E-state index contributed by atoms with van der Waals surface area (Å²) in [6.45, 7) is 9.60. The normalized spacial score (nSPS) is 12.3. The second-order valence-electron chi connectivity index (χ2n) is 18.0. The van der Waals surface area contributed by atoms with Gasteiger partial charge in [0.25, 0.3) is 0 Å². The first-order valence-corrected chi connectivity index (χ1v) is 26.8. The number of rotatable bonds is 47. The Labute approximate surface area is 342 Å². The molecule has 0 spiro atoms. The van der Waals surface area contributed by atoms with Crippen LogP contribution in [0, 0.1) is 0 Å². The molecule has 0 aliphatic carbocycles. The molecule has 0 fully saturated rings. The summed E-state index contributed by atoms with van der Waals surface area (Å²) in [7, 11) is -4.02. The van der Waals surface area contributed by atoms with Gasteiger partial charge in [-0.1, -0.05) is 252 Å². The van der Waals surface area contributed by atoms with E-state index in [0.717, 1.165) is 38.9 Å². The summed E-state index contributed by atoms with van der Waals surface area (Å²) in [6, 6.07) is 0. The Morgan fingerprint density at radius 3 is 0.574 bits per heavy atom. The smallest absolute Gasteiger partial charge is 0.309 e. The highest BCUT2D eigenvalue weighted by atomic mass is 32.2. The second-order valence-corrected chi connectivity index (χ2v) is 19.4. The van der Waals surface area contributed by atoms with Gasteiger partial charge in [-0.2, -0.15) is 8.42 Å². The fraction of sp³-hybridized carbons (Fsp3) is 1.00. The third-order valence-electron chi connectivity index (χ3n) is 12.4. The van der Waals surface area contributed by atoms with Crippen molar-refractivity contribution in [3.8, 4) is 0 Å². The molecule has 0 amide bonds. The van der Waals surface area contributed by atoms with Crippen molar-refractivity contribution in [3.05, 3.63) is 0 Å². The number of unbranched alkanes of at least 4 members (excludes halogenated alkanes) is 39. The minimum Gasteiger partial charge on any atom is -0.309 e. The maximum atomic E-state index is 12.4. The third kappa shape index (κ3) is 41.5. The molecule has 5 heteroatoms. The lowest BCUT2D eigenvalue weighted by molar-refractivity contribution is -0.918. The van der Waals surface area contributed by atoms with Crippen LogP contribution in [0.3, 0.4) is 0 Å².